The average Bonchev–Trinajstić information content (AvgIpc) is 3.67. The number of carbonyl (C=O) groups is 3. The molecule has 2 saturated heterocycles. The summed E-state index contributed by atoms with van der Waals surface area (Å²) < 4.78 is 19.8. The van der Waals surface area contributed by atoms with Gasteiger partial charge in [0.1, 0.15) is 17.2 Å². The van der Waals surface area contributed by atoms with E-state index in [9.17, 15) is 18.8 Å². The maximum absolute atomic E-state index is 14.8. The Morgan fingerprint density at radius 1 is 1.16 bits per heavy atom. The summed E-state index contributed by atoms with van der Waals surface area (Å²) in [7, 11) is 1.41. The molecule has 1 unspecified atom stereocenters. The first kappa shape index (κ1) is 24.6. The summed E-state index contributed by atoms with van der Waals surface area (Å²) >= 11 is 0. The lowest BCUT2D eigenvalue weighted by molar-refractivity contribution is -0.118. The predicted octanol–water partition coefficient (Wildman–Crippen LogP) is 1.79. The van der Waals surface area contributed by atoms with Crippen LogP contribution in [0.1, 0.15) is 12.8 Å². The van der Waals surface area contributed by atoms with Crippen LogP contribution in [0.2, 0.25) is 0 Å². The van der Waals surface area contributed by atoms with Crippen molar-refractivity contribution in [1.82, 2.24) is 5.32 Å². The Bertz CT molecular complexity index is 1320. The number of halogens is 1. The van der Waals surface area contributed by atoms with Crippen LogP contribution in [0.25, 0.3) is 0 Å². The number of piperidine rings is 1. The van der Waals surface area contributed by atoms with Crippen LogP contribution in [-0.4, -0.2) is 62.4 Å². The average molecular weight is 507 g/mol. The van der Waals surface area contributed by atoms with Crippen molar-refractivity contribution in [1.29, 1.82) is 5.41 Å². The fourth-order valence-corrected chi connectivity index (χ4v) is 5.07. The van der Waals surface area contributed by atoms with E-state index in [1.165, 1.54) is 19.2 Å². The van der Waals surface area contributed by atoms with Crippen LogP contribution < -0.4 is 25.6 Å². The van der Waals surface area contributed by atoms with Crippen molar-refractivity contribution in [2.75, 3.05) is 43.1 Å². The van der Waals surface area contributed by atoms with Crippen LogP contribution >= 0.6 is 0 Å². The Kier molecular flexibility index (Phi) is 6.24. The van der Waals surface area contributed by atoms with Gasteiger partial charge in [0, 0.05) is 42.5 Å². The Labute approximate surface area is 212 Å². The molecule has 2 aliphatic heterocycles. The molecule has 1 aliphatic carbocycles. The van der Waals surface area contributed by atoms with Gasteiger partial charge >= 0.3 is 0 Å². The molecule has 3 fully saturated rings. The molecule has 11 heteroatoms. The zero-order valence-corrected chi connectivity index (χ0v) is 20.3. The van der Waals surface area contributed by atoms with Crippen molar-refractivity contribution in [2.24, 2.45) is 22.1 Å². The van der Waals surface area contributed by atoms with Crippen molar-refractivity contribution in [2.45, 2.75) is 12.8 Å². The maximum atomic E-state index is 14.8. The molecule has 4 N–H and O–H groups in total. The number of anilines is 2. The van der Waals surface area contributed by atoms with Gasteiger partial charge in [-0.2, -0.15) is 0 Å². The van der Waals surface area contributed by atoms with Crippen molar-refractivity contribution < 1.29 is 23.5 Å². The lowest BCUT2D eigenvalue weighted by atomic mass is 9.76. The van der Waals surface area contributed by atoms with Crippen LogP contribution in [0.3, 0.4) is 0 Å². The van der Waals surface area contributed by atoms with Gasteiger partial charge in [0.15, 0.2) is 5.82 Å². The first-order chi connectivity index (χ1) is 17.7. The third-order valence-corrected chi connectivity index (χ3v) is 7.23. The van der Waals surface area contributed by atoms with E-state index in [1.54, 1.807) is 34.1 Å². The highest BCUT2D eigenvalue weighted by atomic mass is 19.1. The topological polar surface area (TPSA) is 141 Å². The number of amides is 3. The van der Waals surface area contributed by atoms with E-state index < -0.39 is 34.7 Å². The number of hydrogen-bond donors (Lipinski definition) is 3. The van der Waals surface area contributed by atoms with Gasteiger partial charge in [0.25, 0.3) is 11.8 Å². The molecule has 3 aliphatic rings. The molecule has 192 valence electrons. The second kappa shape index (κ2) is 9.40. The third-order valence-electron chi connectivity index (χ3n) is 7.23. The second-order valence-electron chi connectivity index (χ2n) is 9.52. The zero-order valence-electron chi connectivity index (χ0n) is 20.3. The minimum atomic E-state index is -0.939. The molecule has 5 rings (SSSR count). The molecule has 3 amide bonds. The van der Waals surface area contributed by atoms with Crippen LogP contribution in [0, 0.1) is 22.6 Å². The number of piperazine rings is 1. The molecule has 10 nitrogen and oxygen atoms in total. The number of primary amides is 1. The number of nitrogens with zero attached hydrogens (tertiary/aromatic N) is 3. The van der Waals surface area contributed by atoms with E-state index in [0.717, 1.165) is 11.8 Å². The predicted molar refractivity (Wildman–Crippen MR) is 136 cm³/mol. The van der Waals surface area contributed by atoms with Gasteiger partial charge in [-0.05, 0) is 49.2 Å². The number of nitrogens with one attached hydrogen (secondary N) is 2. The van der Waals surface area contributed by atoms with E-state index in [4.69, 9.17) is 15.9 Å². The first-order valence-electron chi connectivity index (χ1n) is 12.0. The molecule has 2 heterocycles. The molecule has 0 aromatic heterocycles. The second-order valence-corrected chi connectivity index (χ2v) is 9.52. The van der Waals surface area contributed by atoms with Crippen molar-refractivity contribution in [3.63, 3.8) is 0 Å². The molecule has 1 spiro atoms. The minimum absolute atomic E-state index is 0.0336. The molecular weight excluding hydrogens is 479 g/mol. The summed E-state index contributed by atoms with van der Waals surface area (Å²) in [5.74, 6) is -2.85. The number of rotatable bonds is 6. The highest BCUT2D eigenvalue weighted by Gasteiger charge is 2.60. The largest absolute Gasteiger partial charge is 0.497 e. The number of ether oxygens (including phenoxy) is 1. The Morgan fingerprint density at radius 3 is 2.41 bits per heavy atom. The molecule has 2 aromatic carbocycles. The summed E-state index contributed by atoms with van der Waals surface area (Å²) in [4.78, 5) is 45.6. The molecule has 0 bridgehead atoms. The highest BCUT2D eigenvalue weighted by molar-refractivity contribution is 6.54. The van der Waals surface area contributed by atoms with Gasteiger partial charge in [-0.25, -0.2) is 9.38 Å². The number of hydrogen-bond acceptors (Lipinski definition) is 7. The van der Waals surface area contributed by atoms with Gasteiger partial charge in [-0.1, -0.05) is 0 Å². The smallest absolute Gasteiger partial charge is 0.273 e. The summed E-state index contributed by atoms with van der Waals surface area (Å²) in [6.45, 7) is 1.77. The zero-order chi connectivity index (χ0) is 26.3. The molecule has 0 radical (unpaired) electrons. The van der Waals surface area contributed by atoms with E-state index in [1.807, 2.05) is 0 Å². The van der Waals surface area contributed by atoms with Crippen molar-refractivity contribution >= 4 is 46.2 Å². The normalized spacial score (nSPS) is 21.9. The molecule has 2 aromatic rings. The van der Waals surface area contributed by atoms with E-state index in [2.05, 4.69) is 10.3 Å². The van der Waals surface area contributed by atoms with E-state index >= 15 is 0 Å². The highest BCUT2D eigenvalue weighted by Crippen LogP contribution is 2.56. The third kappa shape index (κ3) is 4.46. The molecule has 1 atom stereocenters. The number of carbonyl (C=O) groups excluding carboxylic acids is 3. The van der Waals surface area contributed by atoms with Gasteiger partial charge in [-0.15, -0.1) is 0 Å². The van der Waals surface area contributed by atoms with Crippen molar-refractivity contribution in [3.8, 4) is 5.75 Å². The Hall–Kier alpha value is -4.12. The number of aliphatic imine (C=N–C) groups is 1. The van der Waals surface area contributed by atoms with Crippen LogP contribution in [0.4, 0.5) is 21.5 Å². The summed E-state index contributed by atoms with van der Waals surface area (Å²) in [6, 6.07) is 11.1. The lowest BCUT2D eigenvalue weighted by Crippen LogP contribution is -2.56. The van der Waals surface area contributed by atoms with Crippen molar-refractivity contribution in [3.05, 3.63) is 48.3 Å². The van der Waals surface area contributed by atoms with Gasteiger partial charge in [0.05, 0.1) is 25.3 Å². The van der Waals surface area contributed by atoms with E-state index in [0.29, 0.717) is 37.4 Å². The molecule has 1 saturated carbocycles. The number of benzene rings is 2. The lowest BCUT2D eigenvalue weighted by Gasteiger charge is -2.39. The monoisotopic (exact) mass is 506 g/mol. The van der Waals surface area contributed by atoms with Gasteiger partial charge < -0.3 is 25.6 Å². The van der Waals surface area contributed by atoms with Crippen LogP contribution in [0.5, 0.6) is 5.75 Å². The Morgan fingerprint density at radius 2 is 1.84 bits per heavy atom. The Balaban J connectivity index is 1.53. The summed E-state index contributed by atoms with van der Waals surface area (Å²) in [5.41, 5.74) is 5.56. The van der Waals surface area contributed by atoms with Crippen LogP contribution in [-0.2, 0) is 14.4 Å². The quantitative estimate of drug-likeness (QED) is 0.513. The van der Waals surface area contributed by atoms with E-state index in [-0.39, 0.29) is 30.4 Å². The SMILES string of the molecule is COc1ccc(N=C2C(=O)N(c3ccc(N4CCNCC4=O)cc3)CC3(CC3)C2C(=N)C(N)=O)c(F)c1. The number of nitrogens with two attached hydrogens (primary N) is 1. The fraction of sp³-hybridized carbons (Fsp3) is 0.346. The standard InChI is InChI=1S/C26H27FN6O4/c1-37-17-6-7-19(18(27)12-17)31-23-21(22(28)24(29)35)26(8-9-26)14-33(25(23)36)16-4-2-15(3-5-16)32-11-10-30-13-20(32)34/h2-7,12,21,28,30H,8-11,13-14H2,1H3,(H2,29,35). The van der Waals surface area contributed by atoms with Gasteiger partial charge in [0.2, 0.25) is 5.91 Å². The first-order valence-corrected chi connectivity index (χ1v) is 12.0. The van der Waals surface area contributed by atoms with Crippen LogP contribution in [0.15, 0.2) is 47.5 Å². The fourth-order valence-electron chi connectivity index (χ4n) is 5.07. The maximum Gasteiger partial charge on any atom is 0.273 e. The number of methoxy groups -OCH3 is 1. The van der Waals surface area contributed by atoms with Gasteiger partial charge in [-0.3, -0.25) is 19.8 Å². The molecule has 37 heavy (non-hydrogen) atoms. The minimum Gasteiger partial charge on any atom is -0.497 e. The summed E-state index contributed by atoms with van der Waals surface area (Å²) in [5, 5.41) is 11.4. The summed E-state index contributed by atoms with van der Waals surface area (Å²) in [6.07, 6.45) is 1.32. The molecular formula is C26H27FN6O4.